The molecule has 0 aliphatic heterocycles. The molecule has 0 fully saturated rings. The number of aromatic nitrogens is 1. The van der Waals surface area contributed by atoms with Crippen LogP contribution in [0.15, 0.2) is 53.8 Å². The van der Waals surface area contributed by atoms with Crippen molar-refractivity contribution >= 4 is 12.0 Å². The van der Waals surface area contributed by atoms with Crippen molar-refractivity contribution < 1.29 is 13.2 Å². The number of alkyl halides is 3. The zero-order valence-electron chi connectivity index (χ0n) is 9.72. The van der Waals surface area contributed by atoms with E-state index in [0.717, 1.165) is 17.8 Å². The molecule has 0 amide bonds. The van der Waals surface area contributed by atoms with Gasteiger partial charge in [0.15, 0.2) is 0 Å². The normalized spacial score (nSPS) is 11.7. The van der Waals surface area contributed by atoms with Crippen molar-refractivity contribution in [2.75, 3.05) is 5.43 Å². The number of hydrogen-bond donors (Lipinski definition) is 1. The quantitative estimate of drug-likeness (QED) is 0.680. The fourth-order valence-electron chi connectivity index (χ4n) is 1.34. The van der Waals surface area contributed by atoms with Crippen molar-refractivity contribution in [3.63, 3.8) is 0 Å². The van der Waals surface area contributed by atoms with Crippen molar-refractivity contribution in [3.05, 3.63) is 59.8 Å². The Morgan fingerprint density at radius 2 is 1.79 bits per heavy atom. The van der Waals surface area contributed by atoms with E-state index in [1.54, 1.807) is 6.21 Å². The van der Waals surface area contributed by atoms with E-state index in [0.29, 0.717) is 0 Å². The molecule has 2 rings (SSSR count). The fourth-order valence-corrected chi connectivity index (χ4v) is 1.34. The maximum absolute atomic E-state index is 12.3. The molecule has 19 heavy (non-hydrogen) atoms. The third kappa shape index (κ3) is 3.80. The van der Waals surface area contributed by atoms with Gasteiger partial charge in [-0.05, 0) is 17.7 Å². The van der Waals surface area contributed by atoms with Crippen LogP contribution in [0.5, 0.6) is 0 Å². The Morgan fingerprint density at radius 1 is 1.05 bits per heavy atom. The minimum Gasteiger partial charge on any atom is -0.261 e. The van der Waals surface area contributed by atoms with E-state index in [-0.39, 0.29) is 5.82 Å². The van der Waals surface area contributed by atoms with Crippen molar-refractivity contribution in [2.24, 2.45) is 5.10 Å². The predicted octanol–water partition coefficient (Wildman–Crippen LogP) is 3.55. The van der Waals surface area contributed by atoms with E-state index in [1.807, 2.05) is 30.3 Å². The molecule has 0 unspecified atom stereocenters. The molecular weight excluding hydrogens is 255 g/mol. The zero-order valence-corrected chi connectivity index (χ0v) is 9.72. The highest BCUT2D eigenvalue weighted by molar-refractivity contribution is 5.79. The second-order valence-electron chi connectivity index (χ2n) is 3.71. The molecule has 0 saturated carbocycles. The lowest BCUT2D eigenvalue weighted by Crippen LogP contribution is -2.05. The third-order valence-electron chi connectivity index (χ3n) is 2.28. The first kappa shape index (κ1) is 13.1. The summed E-state index contributed by atoms with van der Waals surface area (Å²) in [6.45, 7) is 0. The van der Waals surface area contributed by atoms with Crippen molar-refractivity contribution in [1.29, 1.82) is 0 Å². The van der Waals surface area contributed by atoms with Gasteiger partial charge in [-0.3, -0.25) is 5.43 Å². The second kappa shape index (κ2) is 5.51. The number of anilines is 1. The Labute approximate surface area is 107 Å². The number of hydrazone groups is 1. The molecule has 3 nitrogen and oxygen atoms in total. The van der Waals surface area contributed by atoms with Gasteiger partial charge in [0.2, 0.25) is 0 Å². The van der Waals surface area contributed by atoms with E-state index in [9.17, 15) is 13.2 Å². The zero-order chi connectivity index (χ0) is 13.7. The Bertz CT molecular complexity index is 548. The van der Waals surface area contributed by atoms with Crippen LogP contribution >= 0.6 is 0 Å². The Hall–Kier alpha value is -2.37. The molecule has 0 radical (unpaired) electrons. The molecule has 1 N–H and O–H groups in total. The summed E-state index contributed by atoms with van der Waals surface area (Å²) in [5, 5.41) is 3.88. The second-order valence-corrected chi connectivity index (χ2v) is 3.71. The monoisotopic (exact) mass is 265 g/mol. The first-order chi connectivity index (χ1) is 9.05. The van der Waals surface area contributed by atoms with E-state index >= 15 is 0 Å². The smallest absolute Gasteiger partial charge is 0.261 e. The number of nitrogens with zero attached hydrogens (tertiary/aromatic N) is 2. The van der Waals surface area contributed by atoms with Crippen LogP contribution in [0, 0.1) is 0 Å². The van der Waals surface area contributed by atoms with Crippen molar-refractivity contribution in [3.8, 4) is 0 Å². The van der Waals surface area contributed by atoms with Crippen LogP contribution in [-0.2, 0) is 6.18 Å². The minimum absolute atomic E-state index is 0.250. The summed E-state index contributed by atoms with van der Waals surface area (Å²) in [5.41, 5.74) is 2.65. The lowest BCUT2D eigenvalue weighted by atomic mass is 10.2. The van der Waals surface area contributed by atoms with Gasteiger partial charge in [0.05, 0.1) is 11.8 Å². The molecule has 2 aromatic rings. The Morgan fingerprint density at radius 3 is 2.37 bits per heavy atom. The largest absolute Gasteiger partial charge is 0.417 e. The number of halogens is 3. The van der Waals surface area contributed by atoms with Crippen molar-refractivity contribution in [2.45, 2.75) is 6.18 Å². The van der Waals surface area contributed by atoms with Crippen LogP contribution in [0.2, 0.25) is 0 Å². The highest BCUT2D eigenvalue weighted by Crippen LogP contribution is 2.28. The summed E-state index contributed by atoms with van der Waals surface area (Å²) in [4.78, 5) is 3.63. The highest BCUT2D eigenvalue weighted by atomic mass is 19.4. The molecule has 98 valence electrons. The van der Waals surface area contributed by atoms with Gasteiger partial charge in [-0.15, -0.1) is 0 Å². The molecule has 0 spiro atoms. The van der Waals surface area contributed by atoms with Gasteiger partial charge in [0.25, 0.3) is 0 Å². The maximum Gasteiger partial charge on any atom is 0.417 e. The van der Waals surface area contributed by atoms with Crippen molar-refractivity contribution in [1.82, 2.24) is 4.98 Å². The minimum atomic E-state index is -4.38. The molecule has 0 atom stereocenters. The average Bonchev–Trinajstić information content (AvgIpc) is 2.39. The molecule has 0 aliphatic rings. The molecule has 6 heteroatoms. The lowest BCUT2D eigenvalue weighted by Gasteiger charge is -2.06. The summed E-state index contributed by atoms with van der Waals surface area (Å²) in [6.07, 6.45) is -2.06. The summed E-state index contributed by atoms with van der Waals surface area (Å²) in [5.74, 6) is 0.250. The van der Waals surface area contributed by atoms with Crippen LogP contribution in [0.3, 0.4) is 0 Å². The first-order valence-electron chi connectivity index (χ1n) is 5.43. The summed E-state index contributed by atoms with van der Waals surface area (Å²) >= 11 is 0. The molecule has 0 saturated heterocycles. The van der Waals surface area contributed by atoms with Gasteiger partial charge >= 0.3 is 6.18 Å². The number of rotatable bonds is 3. The fraction of sp³-hybridized carbons (Fsp3) is 0.0769. The van der Waals surface area contributed by atoms with E-state index < -0.39 is 11.7 Å². The summed E-state index contributed by atoms with van der Waals surface area (Å²) in [7, 11) is 0. The molecule has 0 aliphatic carbocycles. The predicted molar refractivity (Wildman–Crippen MR) is 66.9 cm³/mol. The van der Waals surface area contributed by atoms with Gasteiger partial charge in [0, 0.05) is 6.20 Å². The molecule has 0 bridgehead atoms. The standard InChI is InChI=1S/C13H10F3N3/c14-13(15,16)11-6-7-12(17-9-11)19-18-8-10-4-2-1-3-5-10/h1-9H,(H,17,19). The Kier molecular flexibility index (Phi) is 3.79. The van der Waals surface area contributed by atoms with Crippen LogP contribution in [0.25, 0.3) is 0 Å². The van der Waals surface area contributed by atoms with Gasteiger partial charge in [-0.25, -0.2) is 4.98 Å². The summed E-state index contributed by atoms with van der Waals surface area (Å²) in [6, 6.07) is 11.5. The third-order valence-corrected chi connectivity index (χ3v) is 2.28. The average molecular weight is 265 g/mol. The van der Waals surface area contributed by atoms with Gasteiger partial charge in [0.1, 0.15) is 5.82 Å². The lowest BCUT2D eigenvalue weighted by molar-refractivity contribution is -0.137. The van der Waals surface area contributed by atoms with Gasteiger partial charge < -0.3 is 0 Å². The number of benzene rings is 1. The SMILES string of the molecule is FC(F)(F)c1ccc(NN=Cc2ccccc2)nc1. The van der Waals surface area contributed by atoms with E-state index in [2.05, 4.69) is 15.5 Å². The maximum atomic E-state index is 12.3. The summed E-state index contributed by atoms with van der Waals surface area (Å²) < 4.78 is 36.9. The van der Waals surface area contributed by atoms with E-state index in [4.69, 9.17) is 0 Å². The van der Waals surface area contributed by atoms with Crippen LogP contribution in [-0.4, -0.2) is 11.2 Å². The molecular formula is C13H10F3N3. The first-order valence-corrected chi connectivity index (χ1v) is 5.43. The van der Waals surface area contributed by atoms with Gasteiger partial charge in [-0.1, -0.05) is 30.3 Å². The highest BCUT2D eigenvalue weighted by Gasteiger charge is 2.30. The topological polar surface area (TPSA) is 37.3 Å². The van der Waals surface area contributed by atoms with E-state index in [1.165, 1.54) is 6.07 Å². The van der Waals surface area contributed by atoms with Crippen LogP contribution < -0.4 is 5.43 Å². The molecule has 1 aromatic heterocycles. The van der Waals surface area contributed by atoms with Crippen LogP contribution in [0.4, 0.5) is 19.0 Å². The van der Waals surface area contributed by atoms with Gasteiger partial charge in [-0.2, -0.15) is 18.3 Å². The molecule has 1 heterocycles. The Balaban J connectivity index is 1.99. The number of pyridine rings is 1. The molecule has 1 aromatic carbocycles. The number of hydrogen-bond acceptors (Lipinski definition) is 3. The number of nitrogens with one attached hydrogen (secondary N) is 1. The van der Waals surface area contributed by atoms with Crippen LogP contribution in [0.1, 0.15) is 11.1 Å².